The van der Waals surface area contributed by atoms with Crippen LogP contribution in [-0.2, 0) is 6.54 Å². The summed E-state index contributed by atoms with van der Waals surface area (Å²) in [5, 5.41) is 4.78. The largest absolute Gasteiger partial charge is 0.317 e. The predicted octanol–water partition coefficient (Wildman–Crippen LogP) is 3.60. The first kappa shape index (κ1) is 16.1. The molecule has 0 amide bonds. The van der Waals surface area contributed by atoms with Gasteiger partial charge in [-0.25, -0.2) is 0 Å². The summed E-state index contributed by atoms with van der Waals surface area (Å²) in [6.07, 6.45) is 2.43. The van der Waals surface area contributed by atoms with Crippen molar-refractivity contribution in [3.05, 3.63) is 33.8 Å². The van der Waals surface area contributed by atoms with E-state index in [0.717, 1.165) is 29.7 Å². The normalized spacial score (nSPS) is 17.5. The van der Waals surface area contributed by atoms with Crippen molar-refractivity contribution >= 4 is 35.6 Å². The van der Waals surface area contributed by atoms with Crippen LogP contribution in [-0.4, -0.2) is 31.1 Å². The molecule has 0 spiro atoms. The third kappa shape index (κ3) is 4.60. The van der Waals surface area contributed by atoms with Crippen molar-refractivity contribution in [2.45, 2.75) is 25.4 Å². The lowest BCUT2D eigenvalue weighted by atomic mass is 10.0. The minimum atomic E-state index is 0. The molecule has 5 heteroatoms. The molecule has 1 aromatic carbocycles. The van der Waals surface area contributed by atoms with Crippen LogP contribution in [0.4, 0.5) is 0 Å². The van der Waals surface area contributed by atoms with E-state index in [0.29, 0.717) is 6.04 Å². The molecule has 0 radical (unpaired) electrons. The Morgan fingerprint density at radius 1 is 1.17 bits per heavy atom. The van der Waals surface area contributed by atoms with Crippen LogP contribution in [0.2, 0.25) is 10.0 Å². The number of benzene rings is 1. The van der Waals surface area contributed by atoms with E-state index in [1.165, 1.54) is 18.4 Å². The average molecular weight is 310 g/mol. The predicted molar refractivity (Wildman–Crippen MR) is 81.1 cm³/mol. The highest BCUT2D eigenvalue weighted by atomic mass is 35.5. The molecule has 1 aliphatic heterocycles. The van der Waals surface area contributed by atoms with Gasteiger partial charge in [0, 0.05) is 22.6 Å². The fourth-order valence-corrected chi connectivity index (χ4v) is 2.91. The number of halogens is 3. The number of piperidine rings is 1. The summed E-state index contributed by atoms with van der Waals surface area (Å²) >= 11 is 12.0. The molecular weight excluding hydrogens is 291 g/mol. The lowest BCUT2D eigenvalue weighted by molar-refractivity contribution is 0.194. The van der Waals surface area contributed by atoms with Crippen LogP contribution in [0.15, 0.2) is 18.2 Å². The van der Waals surface area contributed by atoms with E-state index >= 15 is 0 Å². The number of nitrogens with zero attached hydrogens (tertiary/aromatic N) is 1. The molecule has 1 N–H and O–H groups in total. The molecule has 0 unspecified atom stereocenters. The zero-order chi connectivity index (χ0) is 12.3. The lowest BCUT2D eigenvalue weighted by Gasteiger charge is -2.31. The van der Waals surface area contributed by atoms with Crippen molar-refractivity contribution in [2.75, 3.05) is 20.1 Å². The van der Waals surface area contributed by atoms with Gasteiger partial charge in [-0.3, -0.25) is 4.90 Å². The molecular formula is C13H19Cl3N2. The van der Waals surface area contributed by atoms with E-state index in [1.54, 1.807) is 6.07 Å². The van der Waals surface area contributed by atoms with Crippen molar-refractivity contribution in [1.29, 1.82) is 0 Å². The molecule has 1 aliphatic rings. The monoisotopic (exact) mass is 308 g/mol. The molecule has 0 saturated carbocycles. The summed E-state index contributed by atoms with van der Waals surface area (Å²) in [6.45, 7) is 3.21. The van der Waals surface area contributed by atoms with E-state index < -0.39 is 0 Å². The first-order valence-corrected chi connectivity index (χ1v) is 6.77. The van der Waals surface area contributed by atoms with Gasteiger partial charge in [0.25, 0.3) is 0 Å². The zero-order valence-electron chi connectivity index (χ0n) is 10.5. The fraction of sp³-hybridized carbons (Fsp3) is 0.538. The summed E-state index contributed by atoms with van der Waals surface area (Å²) in [5.74, 6) is 0. The Balaban J connectivity index is 0.00000162. The van der Waals surface area contributed by atoms with E-state index in [-0.39, 0.29) is 12.4 Å². The molecule has 1 aromatic rings. The van der Waals surface area contributed by atoms with Gasteiger partial charge < -0.3 is 5.32 Å². The van der Waals surface area contributed by atoms with Crippen molar-refractivity contribution in [3.63, 3.8) is 0 Å². The Morgan fingerprint density at radius 2 is 1.72 bits per heavy atom. The molecule has 0 atom stereocenters. The maximum atomic E-state index is 6.00. The van der Waals surface area contributed by atoms with Crippen LogP contribution in [0.25, 0.3) is 0 Å². The van der Waals surface area contributed by atoms with Crippen molar-refractivity contribution < 1.29 is 0 Å². The Kier molecular flexibility index (Phi) is 6.75. The summed E-state index contributed by atoms with van der Waals surface area (Å²) in [4.78, 5) is 2.45. The third-order valence-corrected chi connectivity index (χ3v) is 3.76. The SMILES string of the molecule is CNC1CCN(Cc2cc(Cl)cc(Cl)c2)CC1.Cl. The minimum absolute atomic E-state index is 0. The topological polar surface area (TPSA) is 15.3 Å². The van der Waals surface area contributed by atoms with Gasteiger partial charge in [0.15, 0.2) is 0 Å². The van der Waals surface area contributed by atoms with E-state index in [9.17, 15) is 0 Å². The van der Waals surface area contributed by atoms with E-state index in [4.69, 9.17) is 23.2 Å². The van der Waals surface area contributed by atoms with Gasteiger partial charge in [-0.05, 0) is 56.7 Å². The Morgan fingerprint density at radius 3 is 2.22 bits per heavy atom. The molecule has 18 heavy (non-hydrogen) atoms. The Bertz CT molecular complexity index is 356. The number of rotatable bonds is 3. The van der Waals surface area contributed by atoms with Gasteiger partial charge in [-0.2, -0.15) is 0 Å². The second-order valence-corrected chi connectivity index (χ2v) is 5.49. The molecule has 0 aliphatic carbocycles. The van der Waals surface area contributed by atoms with E-state index in [2.05, 4.69) is 10.2 Å². The Labute approximate surface area is 125 Å². The molecule has 1 saturated heterocycles. The summed E-state index contributed by atoms with van der Waals surface area (Å²) in [5.41, 5.74) is 1.20. The minimum Gasteiger partial charge on any atom is -0.317 e. The third-order valence-electron chi connectivity index (χ3n) is 3.32. The highest BCUT2D eigenvalue weighted by Gasteiger charge is 2.17. The van der Waals surface area contributed by atoms with Crippen molar-refractivity contribution in [3.8, 4) is 0 Å². The smallest absolute Gasteiger partial charge is 0.0424 e. The number of hydrogen-bond acceptors (Lipinski definition) is 2. The number of nitrogens with one attached hydrogen (secondary N) is 1. The zero-order valence-corrected chi connectivity index (χ0v) is 12.8. The molecule has 1 fully saturated rings. The second-order valence-electron chi connectivity index (χ2n) is 4.62. The van der Waals surface area contributed by atoms with Crippen LogP contribution >= 0.6 is 35.6 Å². The molecule has 2 rings (SSSR count). The molecule has 102 valence electrons. The highest BCUT2D eigenvalue weighted by Crippen LogP contribution is 2.21. The van der Waals surface area contributed by atoms with Gasteiger partial charge >= 0.3 is 0 Å². The molecule has 1 heterocycles. The van der Waals surface area contributed by atoms with Gasteiger partial charge in [0.1, 0.15) is 0 Å². The van der Waals surface area contributed by atoms with Gasteiger partial charge in [-0.1, -0.05) is 23.2 Å². The molecule has 2 nitrogen and oxygen atoms in total. The second kappa shape index (κ2) is 7.56. The van der Waals surface area contributed by atoms with Gasteiger partial charge in [0.05, 0.1) is 0 Å². The van der Waals surface area contributed by atoms with Gasteiger partial charge in [-0.15, -0.1) is 12.4 Å². The standard InChI is InChI=1S/C13H18Cl2N2.ClH/c1-16-13-2-4-17(5-3-13)9-10-6-11(14)8-12(15)7-10;/h6-8,13,16H,2-5,9H2,1H3;1H. The quantitative estimate of drug-likeness (QED) is 0.918. The van der Waals surface area contributed by atoms with Crippen LogP contribution in [0.5, 0.6) is 0 Å². The highest BCUT2D eigenvalue weighted by molar-refractivity contribution is 6.34. The summed E-state index contributed by atoms with van der Waals surface area (Å²) in [7, 11) is 2.04. The maximum Gasteiger partial charge on any atom is 0.0424 e. The summed E-state index contributed by atoms with van der Waals surface area (Å²) in [6, 6.07) is 6.45. The first-order chi connectivity index (χ1) is 8.17. The average Bonchev–Trinajstić information content (AvgIpc) is 2.28. The number of hydrogen-bond donors (Lipinski definition) is 1. The van der Waals surface area contributed by atoms with Crippen molar-refractivity contribution in [2.24, 2.45) is 0 Å². The molecule has 0 bridgehead atoms. The van der Waals surface area contributed by atoms with Crippen molar-refractivity contribution in [1.82, 2.24) is 10.2 Å². The number of likely N-dealkylation sites (tertiary alicyclic amines) is 1. The van der Waals surface area contributed by atoms with Crippen LogP contribution in [0.3, 0.4) is 0 Å². The summed E-state index contributed by atoms with van der Waals surface area (Å²) < 4.78 is 0. The maximum absolute atomic E-state index is 6.00. The van der Waals surface area contributed by atoms with Crippen LogP contribution < -0.4 is 5.32 Å². The molecule has 0 aromatic heterocycles. The van der Waals surface area contributed by atoms with Crippen LogP contribution in [0.1, 0.15) is 18.4 Å². The van der Waals surface area contributed by atoms with Crippen LogP contribution in [0, 0.1) is 0 Å². The van der Waals surface area contributed by atoms with E-state index in [1.807, 2.05) is 19.2 Å². The lowest BCUT2D eigenvalue weighted by Crippen LogP contribution is -2.40. The Hall–Kier alpha value is 0.01000. The first-order valence-electron chi connectivity index (χ1n) is 6.02. The van der Waals surface area contributed by atoms with Gasteiger partial charge in [0.2, 0.25) is 0 Å². The fourth-order valence-electron chi connectivity index (χ4n) is 2.34.